The lowest BCUT2D eigenvalue weighted by Crippen LogP contribution is -2.03. The quantitative estimate of drug-likeness (QED) is 0.875. The van der Waals surface area contributed by atoms with Crippen LogP contribution < -0.4 is 15.2 Å². The van der Waals surface area contributed by atoms with Crippen LogP contribution >= 0.6 is 27.5 Å². The summed E-state index contributed by atoms with van der Waals surface area (Å²) in [5, 5.41) is 0.584. The van der Waals surface area contributed by atoms with Gasteiger partial charge in [-0.25, -0.2) is 0 Å². The van der Waals surface area contributed by atoms with E-state index < -0.39 is 0 Å². The van der Waals surface area contributed by atoms with Crippen molar-refractivity contribution in [1.29, 1.82) is 0 Å². The topological polar surface area (TPSA) is 44.5 Å². The Balaban J connectivity index is 2.12. The fraction of sp³-hybridized carbons (Fsp3) is 0.200. The van der Waals surface area contributed by atoms with Crippen molar-refractivity contribution in [1.82, 2.24) is 0 Å². The Morgan fingerprint density at radius 1 is 1.15 bits per heavy atom. The van der Waals surface area contributed by atoms with E-state index in [2.05, 4.69) is 15.9 Å². The SMILES string of the molecule is COc1ccc(COc2cc(Br)ccc2Cl)cc1CN. The van der Waals surface area contributed by atoms with Crippen LogP contribution in [-0.2, 0) is 13.2 Å². The van der Waals surface area contributed by atoms with Crippen LogP contribution in [0.2, 0.25) is 5.02 Å². The lowest BCUT2D eigenvalue weighted by Gasteiger charge is -2.11. The van der Waals surface area contributed by atoms with E-state index in [0.717, 1.165) is 21.3 Å². The van der Waals surface area contributed by atoms with Crippen LogP contribution in [0.15, 0.2) is 40.9 Å². The molecule has 0 bridgehead atoms. The predicted octanol–water partition coefficient (Wildman–Crippen LogP) is 4.15. The zero-order chi connectivity index (χ0) is 14.5. The van der Waals surface area contributed by atoms with Gasteiger partial charge in [-0.15, -0.1) is 0 Å². The molecular formula is C15H15BrClNO2. The van der Waals surface area contributed by atoms with Crippen molar-refractivity contribution in [3.05, 3.63) is 57.0 Å². The number of benzene rings is 2. The van der Waals surface area contributed by atoms with Gasteiger partial charge in [0.05, 0.1) is 12.1 Å². The molecule has 0 amide bonds. The molecule has 0 atom stereocenters. The van der Waals surface area contributed by atoms with Gasteiger partial charge >= 0.3 is 0 Å². The molecule has 0 spiro atoms. The molecule has 2 N–H and O–H groups in total. The van der Waals surface area contributed by atoms with Crippen LogP contribution in [0, 0.1) is 0 Å². The Bertz CT molecular complexity index is 604. The molecule has 0 fully saturated rings. The van der Waals surface area contributed by atoms with Gasteiger partial charge in [0.1, 0.15) is 18.1 Å². The Morgan fingerprint density at radius 3 is 2.65 bits per heavy atom. The Hall–Kier alpha value is -1.23. The molecule has 2 aromatic rings. The second-order valence-electron chi connectivity index (χ2n) is 4.21. The third-order valence-corrected chi connectivity index (χ3v) is 3.66. The summed E-state index contributed by atoms with van der Waals surface area (Å²) >= 11 is 9.48. The molecule has 106 valence electrons. The van der Waals surface area contributed by atoms with E-state index in [1.165, 1.54) is 0 Å². The highest BCUT2D eigenvalue weighted by Crippen LogP contribution is 2.29. The van der Waals surface area contributed by atoms with E-state index in [4.69, 9.17) is 26.8 Å². The molecule has 0 aromatic heterocycles. The van der Waals surface area contributed by atoms with Gasteiger partial charge in [0.2, 0.25) is 0 Å². The Kier molecular flexibility index (Phi) is 5.29. The minimum Gasteiger partial charge on any atom is -0.496 e. The molecule has 0 aliphatic carbocycles. The number of rotatable bonds is 5. The maximum Gasteiger partial charge on any atom is 0.139 e. The summed E-state index contributed by atoms with van der Waals surface area (Å²) in [6.45, 7) is 0.849. The van der Waals surface area contributed by atoms with E-state index >= 15 is 0 Å². The molecule has 5 heteroatoms. The lowest BCUT2D eigenvalue weighted by atomic mass is 10.1. The second-order valence-corrected chi connectivity index (χ2v) is 5.54. The summed E-state index contributed by atoms with van der Waals surface area (Å²) in [6.07, 6.45) is 0. The summed E-state index contributed by atoms with van der Waals surface area (Å²) < 4.78 is 11.9. The van der Waals surface area contributed by atoms with Gasteiger partial charge in [0.15, 0.2) is 0 Å². The predicted molar refractivity (Wildman–Crippen MR) is 84.4 cm³/mol. The zero-order valence-electron chi connectivity index (χ0n) is 11.0. The number of methoxy groups -OCH3 is 1. The van der Waals surface area contributed by atoms with Crippen molar-refractivity contribution in [3.63, 3.8) is 0 Å². The maximum absolute atomic E-state index is 6.08. The Morgan fingerprint density at radius 2 is 1.95 bits per heavy atom. The van der Waals surface area contributed by atoms with Crippen molar-refractivity contribution < 1.29 is 9.47 Å². The van der Waals surface area contributed by atoms with Crippen LogP contribution in [0.25, 0.3) is 0 Å². The standard InChI is InChI=1S/C15H15BrClNO2/c1-19-14-5-2-10(6-11(14)8-18)9-20-15-7-12(16)3-4-13(15)17/h2-7H,8-9,18H2,1H3. The largest absolute Gasteiger partial charge is 0.496 e. The molecule has 3 nitrogen and oxygen atoms in total. The number of hydrogen-bond donors (Lipinski definition) is 1. The number of halogens is 2. The second kappa shape index (κ2) is 6.97. The van der Waals surface area contributed by atoms with Crippen LogP contribution in [0.4, 0.5) is 0 Å². The average Bonchev–Trinajstić information content (AvgIpc) is 2.47. The lowest BCUT2D eigenvalue weighted by molar-refractivity contribution is 0.306. The molecule has 2 rings (SSSR count). The van der Waals surface area contributed by atoms with Crippen molar-refractivity contribution >= 4 is 27.5 Å². The van der Waals surface area contributed by atoms with Gasteiger partial charge in [0.25, 0.3) is 0 Å². The van der Waals surface area contributed by atoms with Gasteiger partial charge in [-0.1, -0.05) is 33.6 Å². The molecule has 0 aliphatic rings. The van der Waals surface area contributed by atoms with Gasteiger partial charge in [0, 0.05) is 16.6 Å². The van der Waals surface area contributed by atoms with E-state index in [0.29, 0.717) is 23.9 Å². The number of nitrogens with two attached hydrogens (primary N) is 1. The van der Waals surface area contributed by atoms with Gasteiger partial charge in [-0.3, -0.25) is 0 Å². The summed E-state index contributed by atoms with van der Waals surface area (Å²) in [5.41, 5.74) is 7.67. The summed E-state index contributed by atoms with van der Waals surface area (Å²) in [4.78, 5) is 0. The van der Waals surface area contributed by atoms with E-state index in [9.17, 15) is 0 Å². The van der Waals surface area contributed by atoms with Crippen molar-refractivity contribution in [2.24, 2.45) is 5.73 Å². The first-order valence-electron chi connectivity index (χ1n) is 6.07. The van der Waals surface area contributed by atoms with Crippen molar-refractivity contribution in [3.8, 4) is 11.5 Å². The normalized spacial score (nSPS) is 10.4. The summed E-state index contributed by atoms with van der Waals surface area (Å²) in [6, 6.07) is 11.3. The third kappa shape index (κ3) is 3.66. The van der Waals surface area contributed by atoms with Crippen LogP contribution in [0.1, 0.15) is 11.1 Å². The molecule has 0 unspecified atom stereocenters. The average molecular weight is 357 g/mol. The highest BCUT2D eigenvalue weighted by molar-refractivity contribution is 9.10. The molecule has 0 radical (unpaired) electrons. The van der Waals surface area contributed by atoms with Crippen LogP contribution in [0.5, 0.6) is 11.5 Å². The van der Waals surface area contributed by atoms with Gasteiger partial charge < -0.3 is 15.2 Å². The molecule has 0 aliphatic heterocycles. The maximum atomic E-state index is 6.08. The first-order chi connectivity index (χ1) is 9.63. The van der Waals surface area contributed by atoms with Crippen molar-refractivity contribution in [2.45, 2.75) is 13.2 Å². The van der Waals surface area contributed by atoms with Crippen molar-refractivity contribution in [2.75, 3.05) is 7.11 Å². The van der Waals surface area contributed by atoms with Crippen LogP contribution in [-0.4, -0.2) is 7.11 Å². The summed E-state index contributed by atoms with van der Waals surface area (Å²) in [7, 11) is 1.63. The molecule has 2 aromatic carbocycles. The summed E-state index contributed by atoms with van der Waals surface area (Å²) in [5.74, 6) is 1.43. The van der Waals surface area contributed by atoms with E-state index in [1.54, 1.807) is 13.2 Å². The smallest absolute Gasteiger partial charge is 0.139 e. The minimum absolute atomic E-state index is 0.424. The number of ether oxygens (including phenoxy) is 2. The first kappa shape index (κ1) is 15.2. The Labute approximate surface area is 131 Å². The third-order valence-electron chi connectivity index (χ3n) is 2.85. The molecule has 0 heterocycles. The monoisotopic (exact) mass is 355 g/mol. The molecule has 0 saturated heterocycles. The molecule has 20 heavy (non-hydrogen) atoms. The van der Waals surface area contributed by atoms with Crippen LogP contribution in [0.3, 0.4) is 0 Å². The molecule has 0 saturated carbocycles. The first-order valence-corrected chi connectivity index (χ1v) is 7.25. The van der Waals surface area contributed by atoms with Gasteiger partial charge in [-0.05, 0) is 35.9 Å². The highest BCUT2D eigenvalue weighted by Gasteiger charge is 2.06. The minimum atomic E-state index is 0.424. The highest BCUT2D eigenvalue weighted by atomic mass is 79.9. The van der Waals surface area contributed by atoms with E-state index in [-0.39, 0.29) is 0 Å². The zero-order valence-corrected chi connectivity index (χ0v) is 13.4. The molecular weight excluding hydrogens is 342 g/mol. The fourth-order valence-corrected chi connectivity index (χ4v) is 2.34. The van der Waals surface area contributed by atoms with Gasteiger partial charge in [-0.2, -0.15) is 0 Å². The number of hydrogen-bond acceptors (Lipinski definition) is 3. The van der Waals surface area contributed by atoms with E-state index in [1.807, 2.05) is 30.3 Å². The fourth-order valence-electron chi connectivity index (χ4n) is 1.83.